The van der Waals surface area contributed by atoms with Crippen molar-refractivity contribution in [3.05, 3.63) is 57.9 Å². The first-order valence-electron chi connectivity index (χ1n) is 6.43. The van der Waals surface area contributed by atoms with E-state index in [4.69, 9.17) is 9.47 Å². The maximum Gasteiger partial charge on any atom is 0.271 e. The number of amides is 1. The molecule has 0 atom stereocenters. The molecule has 0 aromatic heterocycles. The van der Waals surface area contributed by atoms with E-state index in [1.165, 1.54) is 26.4 Å². The van der Waals surface area contributed by atoms with Gasteiger partial charge in [-0.1, -0.05) is 0 Å². The van der Waals surface area contributed by atoms with Crippen molar-refractivity contribution in [3.8, 4) is 11.5 Å². The summed E-state index contributed by atoms with van der Waals surface area (Å²) in [5, 5.41) is 13.0. The first-order valence-corrected chi connectivity index (χ1v) is 6.43. The summed E-state index contributed by atoms with van der Waals surface area (Å²) in [6, 6.07) is 7.33. The van der Waals surface area contributed by atoms with Gasteiger partial charge in [0.2, 0.25) is 0 Å². The lowest BCUT2D eigenvalue weighted by molar-refractivity contribution is -0.384. The zero-order valence-electron chi connectivity index (χ0n) is 12.3. The summed E-state index contributed by atoms with van der Waals surface area (Å²) >= 11 is 0. The number of hydrogen-bond donors (Lipinski definition) is 1. The predicted octanol–water partition coefficient (Wildman–Crippen LogP) is 3.00. The molecule has 0 saturated carbocycles. The topological polar surface area (TPSA) is 90.7 Å². The summed E-state index contributed by atoms with van der Waals surface area (Å²) in [5.74, 6) is -0.663. The van der Waals surface area contributed by atoms with Gasteiger partial charge in [-0.05, 0) is 18.2 Å². The van der Waals surface area contributed by atoms with Gasteiger partial charge in [-0.15, -0.1) is 0 Å². The molecule has 120 valence electrons. The van der Waals surface area contributed by atoms with Crippen molar-refractivity contribution in [1.82, 2.24) is 0 Å². The van der Waals surface area contributed by atoms with Crippen LogP contribution in [-0.4, -0.2) is 25.1 Å². The lowest BCUT2D eigenvalue weighted by atomic mass is 10.1. The molecule has 23 heavy (non-hydrogen) atoms. The largest absolute Gasteiger partial charge is 0.497 e. The fourth-order valence-electron chi connectivity index (χ4n) is 1.86. The van der Waals surface area contributed by atoms with Crippen molar-refractivity contribution in [3.63, 3.8) is 0 Å². The molecule has 2 aromatic carbocycles. The number of nitro benzene ring substituents is 1. The average Bonchev–Trinajstić information content (AvgIpc) is 2.55. The maximum absolute atomic E-state index is 13.7. The van der Waals surface area contributed by atoms with Gasteiger partial charge >= 0.3 is 0 Å². The summed E-state index contributed by atoms with van der Waals surface area (Å²) in [6.07, 6.45) is 0. The molecular weight excluding hydrogens is 307 g/mol. The van der Waals surface area contributed by atoms with Gasteiger partial charge in [0.25, 0.3) is 11.6 Å². The second-order valence-electron chi connectivity index (χ2n) is 4.48. The molecular formula is C15H13FN2O5. The Balaban J connectivity index is 2.32. The number of ether oxygens (including phenoxy) is 2. The quantitative estimate of drug-likeness (QED) is 0.675. The van der Waals surface area contributed by atoms with E-state index in [1.54, 1.807) is 6.07 Å². The average molecular weight is 320 g/mol. The Bertz CT molecular complexity index is 741. The van der Waals surface area contributed by atoms with Gasteiger partial charge < -0.3 is 14.8 Å². The lowest BCUT2D eigenvalue weighted by Gasteiger charge is -2.09. The summed E-state index contributed by atoms with van der Waals surface area (Å²) < 4.78 is 23.8. The second kappa shape index (κ2) is 6.73. The van der Waals surface area contributed by atoms with Crippen LogP contribution in [0.15, 0.2) is 36.4 Å². The van der Waals surface area contributed by atoms with E-state index < -0.39 is 16.6 Å². The molecule has 0 aliphatic carbocycles. The van der Waals surface area contributed by atoms with Gasteiger partial charge in [0, 0.05) is 23.8 Å². The molecule has 0 aliphatic heterocycles. The minimum atomic E-state index is -0.779. The zero-order chi connectivity index (χ0) is 17.0. The van der Waals surface area contributed by atoms with E-state index in [0.29, 0.717) is 11.5 Å². The minimum Gasteiger partial charge on any atom is -0.497 e. The van der Waals surface area contributed by atoms with Crippen LogP contribution in [0.5, 0.6) is 11.5 Å². The molecule has 7 nitrogen and oxygen atoms in total. The third-order valence-corrected chi connectivity index (χ3v) is 3.02. The highest BCUT2D eigenvalue weighted by atomic mass is 19.1. The van der Waals surface area contributed by atoms with Crippen LogP contribution in [0.2, 0.25) is 0 Å². The van der Waals surface area contributed by atoms with Crippen LogP contribution in [0.1, 0.15) is 10.4 Å². The van der Waals surface area contributed by atoms with E-state index in [2.05, 4.69) is 5.32 Å². The Kier molecular flexibility index (Phi) is 4.75. The minimum absolute atomic E-state index is 0.159. The molecule has 1 amide bonds. The molecule has 8 heteroatoms. The standard InChI is InChI=1S/C15H13FN2O5/c1-22-11-5-9(6-12(8-11)23-2)15(19)17-14-7-10(18(20)21)3-4-13(14)16/h3-8H,1-2H3,(H,17,19). The van der Waals surface area contributed by atoms with E-state index >= 15 is 0 Å². The fraction of sp³-hybridized carbons (Fsp3) is 0.133. The van der Waals surface area contributed by atoms with Crippen LogP contribution in [-0.2, 0) is 0 Å². The molecule has 0 aliphatic rings. The first-order chi connectivity index (χ1) is 10.9. The SMILES string of the molecule is COc1cc(OC)cc(C(=O)Nc2cc([N+](=O)[O-])ccc2F)c1. The van der Waals surface area contributed by atoms with Gasteiger partial charge in [-0.3, -0.25) is 14.9 Å². The van der Waals surface area contributed by atoms with E-state index in [1.807, 2.05) is 0 Å². The number of methoxy groups -OCH3 is 2. The third kappa shape index (κ3) is 3.73. The first kappa shape index (κ1) is 16.2. The van der Waals surface area contributed by atoms with E-state index in [-0.39, 0.29) is 16.9 Å². The Hall–Kier alpha value is -3.16. The van der Waals surface area contributed by atoms with Gasteiger partial charge in [-0.2, -0.15) is 0 Å². The highest BCUT2D eigenvalue weighted by molar-refractivity contribution is 6.05. The number of non-ortho nitro benzene ring substituents is 1. The number of halogens is 1. The molecule has 0 spiro atoms. The molecule has 0 heterocycles. The number of carbonyl (C=O) groups excluding carboxylic acids is 1. The molecule has 0 saturated heterocycles. The Morgan fingerprint density at radius 1 is 1.13 bits per heavy atom. The number of nitro groups is 1. The van der Waals surface area contributed by atoms with Crippen molar-refractivity contribution in [2.75, 3.05) is 19.5 Å². The molecule has 2 rings (SSSR count). The highest BCUT2D eigenvalue weighted by Gasteiger charge is 2.15. The molecule has 0 bridgehead atoms. The van der Waals surface area contributed by atoms with Gasteiger partial charge in [-0.25, -0.2) is 4.39 Å². The molecule has 0 unspecified atom stereocenters. The fourth-order valence-corrected chi connectivity index (χ4v) is 1.86. The van der Waals surface area contributed by atoms with Crippen LogP contribution in [0, 0.1) is 15.9 Å². The Labute approximate surface area is 130 Å². The maximum atomic E-state index is 13.7. The normalized spacial score (nSPS) is 10.0. The van der Waals surface area contributed by atoms with E-state index in [9.17, 15) is 19.3 Å². The number of nitrogens with zero attached hydrogens (tertiary/aromatic N) is 1. The zero-order valence-corrected chi connectivity index (χ0v) is 12.3. The summed E-state index contributed by atoms with van der Waals surface area (Å²) in [5.41, 5.74) is -0.456. The van der Waals surface area contributed by atoms with Crippen molar-refractivity contribution in [1.29, 1.82) is 0 Å². The van der Waals surface area contributed by atoms with Gasteiger partial charge in [0.05, 0.1) is 24.8 Å². The van der Waals surface area contributed by atoms with Crippen molar-refractivity contribution < 1.29 is 23.6 Å². The molecule has 1 N–H and O–H groups in total. The smallest absolute Gasteiger partial charge is 0.271 e. The van der Waals surface area contributed by atoms with Crippen LogP contribution >= 0.6 is 0 Å². The number of carbonyl (C=O) groups is 1. The monoisotopic (exact) mass is 320 g/mol. The number of anilines is 1. The molecule has 0 fully saturated rings. The van der Waals surface area contributed by atoms with Crippen molar-refractivity contribution >= 4 is 17.3 Å². The van der Waals surface area contributed by atoms with Crippen LogP contribution in [0.25, 0.3) is 0 Å². The summed E-state index contributed by atoms with van der Waals surface area (Å²) in [7, 11) is 2.85. The third-order valence-electron chi connectivity index (χ3n) is 3.02. The second-order valence-corrected chi connectivity index (χ2v) is 4.48. The molecule has 2 aromatic rings. The van der Waals surface area contributed by atoms with E-state index in [0.717, 1.165) is 18.2 Å². The number of benzene rings is 2. The Morgan fingerprint density at radius 3 is 2.26 bits per heavy atom. The summed E-state index contributed by atoms with van der Waals surface area (Å²) in [6.45, 7) is 0. The van der Waals surface area contributed by atoms with Crippen LogP contribution in [0.4, 0.5) is 15.8 Å². The predicted molar refractivity (Wildman–Crippen MR) is 80.6 cm³/mol. The number of nitrogens with one attached hydrogen (secondary N) is 1. The number of rotatable bonds is 5. The van der Waals surface area contributed by atoms with Crippen molar-refractivity contribution in [2.24, 2.45) is 0 Å². The highest BCUT2D eigenvalue weighted by Crippen LogP contribution is 2.25. The number of hydrogen-bond acceptors (Lipinski definition) is 5. The lowest BCUT2D eigenvalue weighted by Crippen LogP contribution is -2.13. The molecule has 0 radical (unpaired) electrons. The van der Waals surface area contributed by atoms with Gasteiger partial charge in [0.1, 0.15) is 17.3 Å². The van der Waals surface area contributed by atoms with Crippen molar-refractivity contribution in [2.45, 2.75) is 0 Å². The Morgan fingerprint density at radius 2 is 1.74 bits per heavy atom. The van der Waals surface area contributed by atoms with Gasteiger partial charge in [0.15, 0.2) is 0 Å². The van der Waals surface area contributed by atoms with Crippen LogP contribution < -0.4 is 14.8 Å². The summed E-state index contributed by atoms with van der Waals surface area (Å²) in [4.78, 5) is 22.3. The van der Waals surface area contributed by atoms with Crippen LogP contribution in [0.3, 0.4) is 0 Å².